The molecule has 1 rings (SSSR count). The van der Waals surface area contributed by atoms with Gasteiger partial charge in [-0.05, 0) is 12.5 Å². The van der Waals surface area contributed by atoms with Gasteiger partial charge in [-0.1, -0.05) is 6.92 Å². The lowest BCUT2D eigenvalue weighted by Gasteiger charge is -2.13. The average Bonchev–Trinajstić information content (AvgIpc) is 2.54. The molecule has 0 aromatic carbocycles. The molecule has 0 aliphatic heterocycles. The first-order chi connectivity index (χ1) is 7.08. The van der Waals surface area contributed by atoms with Crippen molar-refractivity contribution in [2.24, 2.45) is 7.05 Å². The van der Waals surface area contributed by atoms with Crippen LogP contribution in [0.25, 0.3) is 0 Å². The Bertz CT molecular complexity index is 342. The number of rotatable bonds is 4. The highest BCUT2D eigenvalue weighted by molar-refractivity contribution is 5.93. The minimum Gasteiger partial charge on any atom is -0.397 e. The lowest BCUT2D eigenvalue weighted by Crippen LogP contribution is -2.37. The summed E-state index contributed by atoms with van der Waals surface area (Å²) in [6.07, 6.45) is 2.37. The number of nitrogens with one attached hydrogen (secondary N) is 1. The van der Waals surface area contributed by atoms with E-state index in [2.05, 4.69) is 5.32 Å². The molecular formula is C10H17N3O2. The molecule has 0 spiro atoms. The Labute approximate surface area is 88.9 Å². The minimum atomic E-state index is -0.213. The molecule has 0 fully saturated rings. The summed E-state index contributed by atoms with van der Waals surface area (Å²) in [7, 11) is 1.76. The fraction of sp³-hybridized carbons (Fsp3) is 0.500. The maximum absolute atomic E-state index is 11.7. The van der Waals surface area contributed by atoms with Gasteiger partial charge in [0.1, 0.15) is 5.69 Å². The Morgan fingerprint density at radius 3 is 2.80 bits per heavy atom. The van der Waals surface area contributed by atoms with E-state index in [-0.39, 0.29) is 18.6 Å². The van der Waals surface area contributed by atoms with Gasteiger partial charge < -0.3 is 20.7 Å². The molecule has 1 aromatic rings. The van der Waals surface area contributed by atoms with Crippen molar-refractivity contribution in [1.29, 1.82) is 0 Å². The molecule has 4 N–H and O–H groups in total. The zero-order chi connectivity index (χ0) is 11.4. The molecule has 0 bridgehead atoms. The molecule has 1 amide bonds. The van der Waals surface area contributed by atoms with Crippen molar-refractivity contribution >= 4 is 11.6 Å². The predicted molar refractivity (Wildman–Crippen MR) is 58.5 cm³/mol. The monoisotopic (exact) mass is 211 g/mol. The van der Waals surface area contributed by atoms with E-state index in [4.69, 9.17) is 10.8 Å². The third-order valence-corrected chi connectivity index (χ3v) is 2.31. The highest BCUT2D eigenvalue weighted by Crippen LogP contribution is 2.08. The number of nitrogens with zero attached hydrogens (tertiary/aromatic N) is 1. The van der Waals surface area contributed by atoms with Crippen LogP contribution in [0, 0.1) is 0 Å². The van der Waals surface area contributed by atoms with Crippen LogP contribution in [0.2, 0.25) is 0 Å². The number of hydrogen-bond acceptors (Lipinski definition) is 3. The topological polar surface area (TPSA) is 80.3 Å². The molecular weight excluding hydrogens is 194 g/mol. The molecule has 5 heteroatoms. The molecule has 84 valence electrons. The van der Waals surface area contributed by atoms with Gasteiger partial charge in [0.15, 0.2) is 0 Å². The van der Waals surface area contributed by atoms with Crippen molar-refractivity contribution in [2.75, 3.05) is 12.3 Å². The fourth-order valence-electron chi connectivity index (χ4n) is 1.35. The summed E-state index contributed by atoms with van der Waals surface area (Å²) in [5.41, 5.74) is 6.62. The van der Waals surface area contributed by atoms with Crippen LogP contribution < -0.4 is 11.1 Å². The quantitative estimate of drug-likeness (QED) is 0.661. The minimum absolute atomic E-state index is 0.0534. The van der Waals surface area contributed by atoms with Gasteiger partial charge in [0, 0.05) is 13.2 Å². The van der Waals surface area contributed by atoms with Crippen molar-refractivity contribution in [3.8, 4) is 0 Å². The van der Waals surface area contributed by atoms with Crippen LogP contribution >= 0.6 is 0 Å². The Morgan fingerprint density at radius 1 is 1.73 bits per heavy atom. The van der Waals surface area contributed by atoms with Crippen molar-refractivity contribution in [3.05, 3.63) is 18.0 Å². The Morgan fingerprint density at radius 2 is 2.40 bits per heavy atom. The number of aliphatic hydroxyl groups excluding tert-OH is 1. The molecule has 0 unspecified atom stereocenters. The molecule has 5 nitrogen and oxygen atoms in total. The molecule has 0 saturated carbocycles. The Balaban J connectivity index is 2.72. The van der Waals surface area contributed by atoms with Crippen molar-refractivity contribution in [2.45, 2.75) is 19.4 Å². The molecule has 0 aliphatic carbocycles. The summed E-state index contributed by atoms with van der Waals surface area (Å²) in [6, 6.07) is 1.41. The summed E-state index contributed by atoms with van der Waals surface area (Å²) >= 11 is 0. The molecule has 0 aliphatic rings. The third kappa shape index (κ3) is 2.73. The van der Waals surface area contributed by atoms with E-state index in [1.165, 1.54) is 0 Å². The van der Waals surface area contributed by atoms with E-state index in [0.29, 0.717) is 17.8 Å². The molecule has 1 atom stereocenters. The summed E-state index contributed by atoms with van der Waals surface area (Å²) in [4.78, 5) is 11.7. The standard InChI is InChI=1S/C10H17N3O2/c1-3-8(6-14)12-10(15)9-4-7(11)5-13(9)2/h4-5,8,14H,3,6,11H2,1-2H3,(H,12,15)/t8-/m0/s1. The number of nitrogens with two attached hydrogens (primary N) is 1. The van der Waals surface area contributed by atoms with Crippen LogP contribution in [0.3, 0.4) is 0 Å². The van der Waals surface area contributed by atoms with E-state index in [1.54, 1.807) is 23.9 Å². The molecule has 0 saturated heterocycles. The number of aromatic nitrogens is 1. The first kappa shape index (κ1) is 11.6. The van der Waals surface area contributed by atoms with E-state index in [1.807, 2.05) is 6.92 Å². The number of aliphatic hydroxyl groups is 1. The number of nitrogen functional groups attached to an aromatic ring is 1. The van der Waals surface area contributed by atoms with E-state index in [9.17, 15) is 4.79 Å². The summed E-state index contributed by atoms with van der Waals surface area (Å²) in [5.74, 6) is -0.213. The number of hydrogen-bond donors (Lipinski definition) is 3. The van der Waals surface area contributed by atoms with Crippen LogP contribution in [-0.2, 0) is 7.05 Å². The number of carbonyl (C=O) groups excluding carboxylic acids is 1. The zero-order valence-corrected chi connectivity index (χ0v) is 9.03. The second-order valence-corrected chi connectivity index (χ2v) is 3.53. The van der Waals surface area contributed by atoms with Gasteiger partial charge in [-0.25, -0.2) is 0 Å². The smallest absolute Gasteiger partial charge is 0.268 e. The maximum Gasteiger partial charge on any atom is 0.268 e. The third-order valence-electron chi connectivity index (χ3n) is 2.31. The summed E-state index contributed by atoms with van der Waals surface area (Å²) in [6.45, 7) is 1.85. The normalized spacial score (nSPS) is 12.5. The first-order valence-corrected chi connectivity index (χ1v) is 4.92. The SMILES string of the molecule is CC[C@@H](CO)NC(=O)c1cc(N)cn1C. The van der Waals surface area contributed by atoms with Crippen LogP contribution in [0.4, 0.5) is 5.69 Å². The van der Waals surface area contributed by atoms with Gasteiger partial charge in [-0.15, -0.1) is 0 Å². The lowest BCUT2D eigenvalue weighted by molar-refractivity contribution is 0.0906. The van der Waals surface area contributed by atoms with E-state index in [0.717, 1.165) is 0 Å². The zero-order valence-electron chi connectivity index (χ0n) is 9.03. The second kappa shape index (κ2) is 4.84. The largest absolute Gasteiger partial charge is 0.397 e. The van der Waals surface area contributed by atoms with Crippen LogP contribution in [0.5, 0.6) is 0 Å². The average molecular weight is 211 g/mol. The van der Waals surface area contributed by atoms with E-state index < -0.39 is 0 Å². The molecule has 1 aromatic heterocycles. The van der Waals surface area contributed by atoms with Gasteiger partial charge in [0.05, 0.1) is 18.3 Å². The van der Waals surface area contributed by atoms with Gasteiger partial charge in [-0.2, -0.15) is 0 Å². The maximum atomic E-state index is 11.7. The van der Waals surface area contributed by atoms with Crippen LogP contribution in [-0.4, -0.2) is 28.2 Å². The highest BCUT2D eigenvalue weighted by Gasteiger charge is 2.14. The Hall–Kier alpha value is -1.49. The highest BCUT2D eigenvalue weighted by atomic mass is 16.3. The van der Waals surface area contributed by atoms with Crippen molar-refractivity contribution < 1.29 is 9.90 Å². The number of anilines is 1. The van der Waals surface area contributed by atoms with Gasteiger partial charge >= 0.3 is 0 Å². The molecule has 0 radical (unpaired) electrons. The van der Waals surface area contributed by atoms with Gasteiger partial charge in [0.25, 0.3) is 5.91 Å². The number of aryl methyl sites for hydroxylation is 1. The molecule has 1 heterocycles. The predicted octanol–water partition coefficient (Wildman–Crippen LogP) is 0.108. The first-order valence-electron chi connectivity index (χ1n) is 4.92. The van der Waals surface area contributed by atoms with Crippen LogP contribution in [0.15, 0.2) is 12.3 Å². The van der Waals surface area contributed by atoms with E-state index >= 15 is 0 Å². The second-order valence-electron chi connectivity index (χ2n) is 3.53. The van der Waals surface area contributed by atoms with Crippen LogP contribution in [0.1, 0.15) is 23.8 Å². The fourth-order valence-corrected chi connectivity index (χ4v) is 1.35. The Kier molecular flexibility index (Phi) is 3.74. The molecule has 15 heavy (non-hydrogen) atoms. The number of amides is 1. The number of carbonyl (C=O) groups is 1. The summed E-state index contributed by atoms with van der Waals surface area (Å²) in [5, 5.41) is 11.7. The van der Waals surface area contributed by atoms with Crippen molar-refractivity contribution in [3.63, 3.8) is 0 Å². The van der Waals surface area contributed by atoms with Gasteiger partial charge in [-0.3, -0.25) is 4.79 Å². The summed E-state index contributed by atoms with van der Waals surface area (Å²) < 4.78 is 1.66. The van der Waals surface area contributed by atoms with Crippen molar-refractivity contribution in [1.82, 2.24) is 9.88 Å². The lowest BCUT2D eigenvalue weighted by atomic mass is 10.2. The van der Waals surface area contributed by atoms with Gasteiger partial charge in [0.2, 0.25) is 0 Å².